The van der Waals surface area contributed by atoms with Crippen LogP contribution < -0.4 is 5.32 Å². The number of thioether (sulfide) groups is 1. The quantitative estimate of drug-likeness (QED) is 0.479. The van der Waals surface area contributed by atoms with Crippen LogP contribution >= 0.6 is 23.1 Å². The van der Waals surface area contributed by atoms with Crippen molar-refractivity contribution in [3.8, 4) is 0 Å². The first-order valence-electron chi connectivity index (χ1n) is 6.22. The summed E-state index contributed by atoms with van der Waals surface area (Å²) in [5.74, 6) is -0.834. The maximum absolute atomic E-state index is 10.4. The van der Waals surface area contributed by atoms with Gasteiger partial charge in [0.2, 0.25) is 5.13 Å². The predicted octanol–water partition coefficient (Wildman–Crippen LogP) is 2.33. The van der Waals surface area contributed by atoms with Gasteiger partial charge in [0.05, 0.1) is 5.75 Å². The van der Waals surface area contributed by atoms with Crippen molar-refractivity contribution in [3.05, 3.63) is 0 Å². The molecule has 0 spiro atoms. The number of nitrogens with zero attached hydrogens (tertiary/aromatic N) is 2. The molecule has 1 heterocycles. The van der Waals surface area contributed by atoms with E-state index < -0.39 is 5.97 Å². The standard InChI is InChI=1S/C11H19N3O3S2/c1-2-3-6-17-7-4-5-12-10-13-14-11(19-10)18-8-9(15)16/h2-8H2,1H3,(H,12,13)(H,15,16). The van der Waals surface area contributed by atoms with Gasteiger partial charge in [0.1, 0.15) is 0 Å². The second-order valence-corrected chi connectivity index (χ2v) is 6.00. The van der Waals surface area contributed by atoms with E-state index in [2.05, 4.69) is 22.4 Å². The molecule has 1 rings (SSSR count). The number of hydrogen-bond acceptors (Lipinski definition) is 7. The van der Waals surface area contributed by atoms with Gasteiger partial charge in [-0.15, -0.1) is 10.2 Å². The molecule has 108 valence electrons. The van der Waals surface area contributed by atoms with Crippen molar-refractivity contribution < 1.29 is 14.6 Å². The maximum atomic E-state index is 10.4. The topological polar surface area (TPSA) is 84.3 Å². The summed E-state index contributed by atoms with van der Waals surface area (Å²) in [4.78, 5) is 10.4. The molecule has 0 aliphatic rings. The third kappa shape index (κ3) is 8.02. The first kappa shape index (κ1) is 16.2. The summed E-state index contributed by atoms with van der Waals surface area (Å²) in [6, 6.07) is 0. The molecule has 0 aliphatic carbocycles. The smallest absolute Gasteiger partial charge is 0.313 e. The molecule has 0 atom stereocenters. The number of aliphatic carboxylic acids is 1. The lowest BCUT2D eigenvalue weighted by molar-refractivity contribution is -0.133. The number of carboxylic acids is 1. The van der Waals surface area contributed by atoms with E-state index in [9.17, 15) is 4.79 Å². The van der Waals surface area contributed by atoms with E-state index in [1.54, 1.807) is 0 Å². The zero-order valence-electron chi connectivity index (χ0n) is 10.9. The Morgan fingerprint density at radius 1 is 1.42 bits per heavy atom. The normalized spacial score (nSPS) is 10.6. The van der Waals surface area contributed by atoms with Crippen LogP contribution in [0.15, 0.2) is 4.34 Å². The van der Waals surface area contributed by atoms with E-state index in [1.165, 1.54) is 23.1 Å². The molecular weight excluding hydrogens is 286 g/mol. The Balaban J connectivity index is 2.07. The van der Waals surface area contributed by atoms with E-state index in [-0.39, 0.29) is 5.75 Å². The highest BCUT2D eigenvalue weighted by atomic mass is 32.2. The molecule has 0 saturated heterocycles. The summed E-state index contributed by atoms with van der Waals surface area (Å²) in [5, 5.41) is 20.3. The first-order valence-corrected chi connectivity index (χ1v) is 8.02. The highest BCUT2D eigenvalue weighted by Crippen LogP contribution is 2.24. The number of rotatable bonds is 11. The zero-order chi connectivity index (χ0) is 13.9. The molecule has 0 amide bonds. The number of carbonyl (C=O) groups is 1. The molecule has 0 radical (unpaired) electrons. The Bertz CT molecular complexity index is 374. The fourth-order valence-electron chi connectivity index (χ4n) is 1.18. The van der Waals surface area contributed by atoms with Gasteiger partial charge < -0.3 is 15.2 Å². The SMILES string of the molecule is CCCCOCCCNc1nnc(SCC(=O)O)s1. The summed E-state index contributed by atoms with van der Waals surface area (Å²) in [6.45, 7) is 4.49. The van der Waals surface area contributed by atoms with Gasteiger partial charge in [0.25, 0.3) is 0 Å². The largest absolute Gasteiger partial charge is 0.481 e. The molecule has 0 bridgehead atoms. The van der Waals surface area contributed by atoms with Crippen LogP contribution in [0.25, 0.3) is 0 Å². The molecular formula is C11H19N3O3S2. The lowest BCUT2D eigenvalue weighted by Gasteiger charge is -2.03. The monoisotopic (exact) mass is 305 g/mol. The lowest BCUT2D eigenvalue weighted by atomic mass is 10.4. The number of aromatic nitrogens is 2. The van der Waals surface area contributed by atoms with Crippen molar-refractivity contribution in [2.24, 2.45) is 0 Å². The van der Waals surface area contributed by atoms with Crippen LogP contribution in [0.1, 0.15) is 26.2 Å². The van der Waals surface area contributed by atoms with Crippen molar-refractivity contribution in [1.29, 1.82) is 0 Å². The van der Waals surface area contributed by atoms with Crippen LogP contribution in [0.5, 0.6) is 0 Å². The van der Waals surface area contributed by atoms with Gasteiger partial charge in [0, 0.05) is 19.8 Å². The van der Waals surface area contributed by atoms with Crippen LogP contribution in [0.2, 0.25) is 0 Å². The van der Waals surface area contributed by atoms with Crippen LogP contribution in [-0.4, -0.2) is 46.8 Å². The summed E-state index contributed by atoms with van der Waals surface area (Å²) >= 11 is 2.56. The minimum atomic E-state index is -0.848. The average Bonchev–Trinajstić information content (AvgIpc) is 2.83. The summed E-state index contributed by atoms with van der Waals surface area (Å²) in [7, 11) is 0. The molecule has 1 aromatic heterocycles. The third-order valence-electron chi connectivity index (χ3n) is 2.11. The lowest BCUT2D eigenvalue weighted by Crippen LogP contribution is -2.06. The minimum Gasteiger partial charge on any atom is -0.481 e. The van der Waals surface area contributed by atoms with E-state index in [4.69, 9.17) is 9.84 Å². The molecule has 19 heavy (non-hydrogen) atoms. The fraction of sp³-hybridized carbons (Fsp3) is 0.727. The number of ether oxygens (including phenoxy) is 1. The van der Waals surface area contributed by atoms with Crippen LogP contribution in [0.4, 0.5) is 5.13 Å². The van der Waals surface area contributed by atoms with Crippen molar-refractivity contribution in [3.63, 3.8) is 0 Å². The van der Waals surface area contributed by atoms with E-state index >= 15 is 0 Å². The van der Waals surface area contributed by atoms with Crippen LogP contribution in [0, 0.1) is 0 Å². The number of anilines is 1. The van der Waals surface area contributed by atoms with Crippen molar-refractivity contribution >= 4 is 34.2 Å². The van der Waals surface area contributed by atoms with Crippen molar-refractivity contribution in [1.82, 2.24) is 10.2 Å². The van der Waals surface area contributed by atoms with Crippen LogP contribution in [0.3, 0.4) is 0 Å². The Hall–Kier alpha value is -0.860. The molecule has 1 aromatic rings. The summed E-state index contributed by atoms with van der Waals surface area (Å²) < 4.78 is 6.11. The molecule has 0 saturated carbocycles. The Labute approximate surface area is 121 Å². The molecule has 8 heteroatoms. The summed E-state index contributed by atoms with van der Waals surface area (Å²) in [6.07, 6.45) is 3.18. The van der Waals surface area contributed by atoms with Gasteiger partial charge in [-0.3, -0.25) is 4.79 Å². The highest BCUT2D eigenvalue weighted by Gasteiger charge is 2.06. The molecule has 0 fully saturated rings. The van der Waals surface area contributed by atoms with Crippen molar-refractivity contribution in [2.45, 2.75) is 30.5 Å². The predicted molar refractivity (Wildman–Crippen MR) is 77.1 cm³/mol. The third-order valence-corrected chi connectivity index (χ3v) is 4.11. The number of unbranched alkanes of at least 4 members (excludes halogenated alkanes) is 1. The number of carboxylic acid groups (broad SMARTS) is 1. The van der Waals surface area contributed by atoms with Gasteiger partial charge in [-0.05, 0) is 12.8 Å². The number of hydrogen-bond donors (Lipinski definition) is 2. The highest BCUT2D eigenvalue weighted by molar-refractivity contribution is 8.01. The molecule has 0 aliphatic heterocycles. The number of nitrogens with one attached hydrogen (secondary N) is 1. The second-order valence-electron chi connectivity index (χ2n) is 3.80. The first-order chi connectivity index (χ1) is 9.22. The Morgan fingerprint density at radius 3 is 2.95 bits per heavy atom. The maximum Gasteiger partial charge on any atom is 0.313 e. The molecule has 2 N–H and O–H groups in total. The van der Waals surface area contributed by atoms with Gasteiger partial charge >= 0.3 is 5.97 Å². The van der Waals surface area contributed by atoms with Crippen molar-refractivity contribution in [2.75, 3.05) is 30.8 Å². The Kier molecular flexibility index (Phi) is 8.52. The molecule has 0 unspecified atom stereocenters. The average molecular weight is 305 g/mol. The van der Waals surface area contributed by atoms with E-state index in [0.29, 0.717) is 4.34 Å². The fourth-order valence-corrected chi connectivity index (χ4v) is 2.68. The summed E-state index contributed by atoms with van der Waals surface area (Å²) in [5.41, 5.74) is 0. The van der Waals surface area contributed by atoms with Gasteiger partial charge in [-0.2, -0.15) is 0 Å². The molecule has 0 aromatic carbocycles. The minimum absolute atomic E-state index is 0.0138. The zero-order valence-corrected chi connectivity index (χ0v) is 12.6. The second kappa shape index (κ2) is 9.99. The van der Waals surface area contributed by atoms with Gasteiger partial charge in [-0.1, -0.05) is 36.4 Å². The van der Waals surface area contributed by atoms with Crippen LogP contribution in [-0.2, 0) is 9.53 Å². The van der Waals surface area contributed by atoms with E-state index in [1.807, 2.05) is 0 Å². The van der Waals surface area contributed by atoms with Gasteiger partial charge in [-0.25, -0.2) is 0 Å². The van der Waals surface area contributed by atoms with Gasteiger partial charge in [0.15, 0.2) is 4.34 Å². The van der Waals surface area contributed by atoms with E-state index in [0.717, 1.165) is 44.2 Å². The molecule has 6 nitrogen and oxygen atoms in total. The Morgan fingerprint density at radius 2 is 2.21 bits per heavy atom.